The number of rotatable bonds is 9. The van der Waals surface area contributed by atoms with Gasteiger partial charge in [0.15, 0.2) is 11.5 Å². The quantitative estimate of drug-likeness (QED) is 0.234. The Balaban J connectivity index is 1.58. The molecule has 8 nitrogen and oxygen atoms in total. The Labute approximate surface area is 233 Å². The van der Waals surface area contributed by atoms with Crippen molar-refractivity contribution in [2.75, 3.05) is 18.1 Å². The first-order valence-electron chi connectivity index (χ1n) is 11.8. The molecule has 38 heavy (non-hydrogen) atoms. The summed E-state index contributed by atoms with van der Waals surface area (Å²) in [6.07, 6.45) is 1.40. The summed E-state index contributed by atoms with van der Waals surface area (Å²) in [7, 11) is 0. The van der Waals surface area contributed by atoms with Crippen LogP contribution in [0.1, 0.15) is 25.0 Å². The molecular weight excluding hydrogens is 576 g/mol. The fourth-order valence-corrected chi connectivity index (χ4v) is 4.51. The van der Waals surface area contributed by atoms with Crippen molar-refractivity contribution < 1.29 is 28.6 Å². The van der Waals surface area contributed by atoms with Crippen molar-refractivity contribution in [2.45, 2.75) is 20.5 Å². The van der Waals surface area contributed by atoms with Crippen LogP contribution < -0.4 is 24.4 Å². The molecule has 196 valence electrons. The van der Waals surface area contributed by atoms with E-state index < -0.39 is 17.8 Å². The lowest BCUT2D eigenvalue weighted by molar-refractivity contribution is -0.122. The molecular formula is C28H24BrClN2O6. The number of carbonyl (C=O) groups is 3. The second kappa shape index (κ2) is 12.1. The van der Waals surface area contributed by atoms with Crippen LogP contribution in [0.4, 0.5) is 10.5 Å². The number of imide groups is 2. The van der Waals surface area contributed by atoms with Gasteiger partial charge in [0.05, 0.1) is 23.4 Å². The predicted octanol–water partition coefficient (Wildman–Crippen LogP) is 6.15. The fourth-order valence-electron chi connectivity index (χ4n) is 3.75. The number of barbiturate groups is 1. The van der Waals surface area contributed by atoms with Crippen LogP contribution in [0.3, 0.4) is 0 Å². The molecule has 0 bridgehead atoms. The van der Waals surface area contributed by atoms with Gasteiger partial charge >= 0.3 is 6.03 Å². The van der Waals surface area contributed by atoms with Crippen LogP contribution in [0, 0.1) is 0 Å². The van der Waals surface area contributed by atoms with Crippen LogP contribution >= 0.6 is 27.5 Å². The SMILES string of the molecule is CCOc1cc(/C=C2\C(=O)NC(=O)N(c3ccc(OCc4ccccc4Cl)cc3)C2=O)cc(Br)c1OCC. The van der Waals surface area contributed by atoms with Gasteiger partial charge in [-0.25, -0.2) is 9.69 Å². The molecule has 3 aromatic carbocycles. The molecule has 4 rings (SSSR count). The molecule has 1 aliphatic rings. The number of carbonyl (C=O) groups excluding carboxylic acids is 3. The van der Waals surface area contributed by atoms with Crippen molar-refractivity contribution >= 4 is 57.1 Å². The molecule has 3 aromatic rings. The number of halogens is 2. The third-order valence-corrected chi connectivity index (χ3v) is 6.44. The van der Waals surface area contributed by atoms with E-state index in [-0.39, 0.29) is 17.9 Å². The summed E-state index contributed by atoms with van der Waals surface area (Å²) in [4.78, 5) is 39.4. The van der Waals surface area contributed by atoms with Gasteiger partial charge in [0.25, 0.3) is 11.8 Å². The number of hydrogen-bond acceptors (Lipinski definition) is 6. The average Bonchev–Trinajstić information content (AvgIpc) is 2.89. The predicted molar refractivity (Wildman–Crippen MR) is 148 cm³/mol. The van der Waals surface area contributed by atoms with Crippen LogP contribution in [0.2, 0.25) is 5.02 Å². The minimum Gasteiger partial charge on any atom is -0.490 e. The van der Waals surface area contributed by atoms with E-state index >= 15 is 0 Å². The summed E-state index contributed by atoms with van der Waals surface area (Å²) in [5, 5.41) is 2.82. The molecule has 0 spiro atoms. The lowest BCUT2D eigenvalue weighted by Gasteiger charge is -2.26. The number of nitrogens with one attached hydrogen (secondary N) is 1. The zero-order valence-corrected chi connectivity index (χ0v) is 23.0. The van der Waals surface area contributed by atoms with Gasteiger partial charge in [-0.2, -0.15) is 0 Å². The average molecular weight is 600 g/mol. The number of ether oxygens (including phenoxy) is 3. The minimum absolute atomic E-state index is 0.206. The highest BCUT2D eigenvalue weighted by atomic mass is 79.9. The van der Waals surface area contributed by atoms with E-state index in [1.165, 1.54) is 6.08 Å². The zero-order chi connectivity index (χ0) is 27.2. The Kier molecular flexibility index (Phi) is 8.70. The maximum atomic E-state index is 13.3. The number of benzene rings is 3. The number of hydrogen-bond donors (Lipinski definition) is 1. The molecule has 0 aromatic heterocycles. The van der Waals surface area contributed by atoms with Gasteiger partial charge in [0, 0.05) is 10.6 Å². The summed E-state index contributed by atoms with van der Waals surface area (Å²) < 4.78 is 17.7. The first-order valence-corrected chi connectivity index (χ1v) is 13.0. The summed E-state index contributed by atoms with van der Waals surface area (Å²) in [6.45, 7) is 4.77. The van der Waals surface area contributed by atoms with Gasteiger partial charge in [-0.15, -0.1) is 0 Å². The topological polar surface area (TPSA) is 94.2 Å². The largest absolute Gasteiger partial charge is 0.490 e. The van der Waals surface area contributed by atoms with E-state index in [0.29, 0.717) is 45.5 Å². The summed E-state index contributed by atoms with van der Waals surface area (Å²) in [5.74, 6) is -0.0532. The van der Waals surface area contributed by atoms with Gasteiger partial charge in [0.2, 0.25) is 0 Å². The summed E-state index contributed by atoms with van der Waals surface area (Å²) in [5.41, 5.74) is 1.41. The van der Waals surface area contributed by atoms with Gasteiger partial charge in [-0.1, -0.05) is 29.8 Å². The van der Waals surface area contributed by atoms with Crippen molar-refractivity contribution in [1.29, 1.82) is 0 Å². The molecule has 1 fully saturated rings. The number of anilines is 1. The lowest BCUT2D eigenvalue weighted by atomic mass is 10.1. The van der Waals surface area contributed by atoms with Crippen molar-refractivity contribution in [3.05, 3.63) is 86.9 Å². The van der Waals surface area contributed by atoms with E-state index in [1.807, 2.05) is 32.0 Å². The molecule has 1 heterocycles. The molecule has 4 amide bonds. The van der Waals surface area contributed by atoms with Crippen LogP contribution in [0.25, 0.3) is 6.08 Å². The Morgan fingerprint density at radius 1 is 0.947 bits per heavy atom. The van der Waals surface area contributed by atoms with Crippen LogP contribution in [-0.4, -0.2) is 31.1 Å². The van der Waals surface area contributed by atoms with Crippen LogP contribution in [0.15, 0.2) is 70.7 Å². The first kappa shape index (κ1) is 27.2. The Morgan fingerprint density at radius 2 is 1.66 bits per heavy atom. The maximum absolute atomic E-state index is 13.3. The van der Waals surface area contributed by atoms with Gasteiger partial charge in [-0.05, 0) is 83.9 Å². The second-order valence-electron chi connectivity index (χ2n) is 8.03. The third kappa shape index (κ3) is 6.00. The molecule has 0 unspecified atom stereocenters. The molecule has 1 aliphatic heterocycles. The van der Waals surface area contributed by atoms with E-state index in [0.717, 1.165) is 10.5 Å². The highest BCUT2D eigenvalue weighted by Gasteiger charge is 2.37. The lowest BCUT2D eigenvalue weighted by Crippen LogP contribution is -2.54. The zero-order valence-electron chi connectivity index (χ0n) is 20.6. The Hall–Kier alpha value is -3.82. The summed E-state index contributed by atoms with van der Waals surface area (Å²) in [6, 6.07) is 16.2. The van der Waals surface area contributed by atoms with Crippen molar-refractivity contribution in [2.24, 2.45) is 0 Å². The molecule has 1 N–H and O–H groups in total. The minimum atomic E-state index is -0.843. The second-order valence-corrected chi connectivity index (χ2v) is 9.29. The van der Waals surface area contributed by atoms with E-state index in [1.54, 1.807) is 42.5 Å². The van der Waals surface area contributed by atoms with E-state index in [2.05, 4.69) is 21.2 Å². The molecule has 0 atom stereocenters. The highest BCUT2D eigenvalue weighted by molar-refractivity contribution is 9.10. The van der Waals surface area contributed by atoms with E-state index in [9.17, 15) is 14.4 Å². The fraction of sp³-hybridized carbons (Fsp3) is 0.179. The number of nitrogens with zero attached hydrogens (tertiary/aromatic N) is 1. The smallest absolute Gasteiger partial charge is 0.335 e. The monoisotopic (exact) mass is 598 g/mol. The Morgan fingerprint density at radius 3 is 2.34 bits per heavy atom. The van der Waals surface area contributed by atoms with Crippen LogP contribution in [0.5, 0.6) is 17.2 Å². The van der Waals surface area contributed by atoms with Gasteiger partial charge in [0.1, 0.15) is 17.9 Å². The number of amides is 4. The van der Waals surface area contributed by atoms with Crippen molar-refractivity contribution in [3.63, 3.8) is 0 Å². The molecule has 0 saturated carbocycles. The number of urea groups is 1. The summed E-state index contributed by atoms with van der Waals surface area (Å²) >= 11 is 9.63. The molecule has 0 aliphatic carbocycles. The standard InChI is InChI=1S/C28H24BrClN2O6/c1-3-36-24-15-17(14-22(29)25(24)37-4-2)13-21-26(33)31-28(35)32(27(21)34)19-9-11-20(12-10-19)38-16-18-7-5-6-8-23(18)30/h5-15H,3-4,16H2,1-2H3,(H,31,33,35)/b21-13+. The van der Waals surface area contributed by atoms with Crippen molar-refractivity contribution in [1.82, 2.24) is 5.32 Å². The Bertz CT molecular complexity index is 1410. The maximum Gasteiger partial charge on any atom is 0.335 e. The normalized spacial score (nSPS) is 14.5. The van der Waals surface area contributed by atoms with Crippen LogP contribution in [-0.2, 0) is 16.2 Å². The molecule has 1 saturated heterocycles. The van der Waals surface area contributed by atoms with Crippen molar-refractivity contribution in [3.8, 4) is 17.2 Å². The van der Waals surface area contributed by atoms with E-state index in [4.69, 9.17) is 25.8 Å². The molecule has 10 heteroatoms. The first-order chi connectivity index (χ1) is 18.3. The third-order valence-electron chi connectivity index (χ3n) is 5.48. The van der Waals surface area contributed by atoms with Gasteiger partial charge in [-0.3, -0.25) is 14.9 Å². The van der Waals surface area contributed by atoms with Gasteiger partial charge < -0.3 is 14.2 Å². The molecule has 0 radical (unpaired) electrons. The highest BCUT2D eigenvalue weighted by Crippen LogP contribution is 2.38.